The molecule has 0 N–H and O–H groups in total. The predicted molar refractivity (Wildman–Crippen MR) is 136 cm³/mol. The topological polar surface area (TPSA) is 104 Å². The van der Waals surface area contributed by atoms with E-state index in [4.69, 9.17) is 0 Å². The van der Waals surface area contributed by atoms with Crippen LogP contribution in [0.1, 0.15) is 22.3 Å². The number of halogens is 3. The molecule has 6 rings (SSSR count). The Hall–Kier alpha value is -5.83. The summed E-state index contributed by atoms with van der Waals surface area (Å²) in [6, 6.07) is 26.4. The zero-order chi connectivity index (χ0) is 27.5. The van der Waals surface area contributed by atoms with E-state index in [9.17, 15) is 34.2 Å². The number of ether oxygens (including phenoxy) is 1. The van der Waals surface area contributed by atoms with E-state index < -0.39 is 12.1 Å². The summed E-state index contributed by atoms with van der Waals surface area (Å²) in [6.07, 6.45) is -4.92. The van der Waals surface area contributed by atoms with Gasteiger partial charge in [0.15, 0.2) is 0 Å². The predicted octanol–water partition coefficient (Wildman–Crippen LogP) is 7.40. The van der Waals surface area contributed by atoms with E-state index in [-0.39, 0.29) is 22.3 Å². The van der Waals surface area contributed by atoms with E-state index >= 15 is 0 Å². The summed E-state index contributed by atoms with van der Waals surface area (Å²) >= 11 is 0. The molecule has 0 saturated carbocycles. The molecule has 0 heterocycles. The van der Waals surface area contributed by atoms with Crippen LogP contribution in [0.15, 0.2) is 77.9 Å². The Labute approximate surface area is 219 Å². The second-order valence-electron chi connectivity index (χ2n) is 8.86. The molecule has 0 unspecified atom stereocenters. The van der Waals surface area contributed by atoms with Crippen molar-refractivity contribution in [2.24, 2.45) is 0 Å². The first kappa shape index (κ1) is 23.6. The molecule has 2 aliphatic carbocycles. The van der Waals surface area contributed by atoms with Gasteiger partial charge in [-0.1, -0.05) is 42.5 Å². The van der Waals surface area contributed by atoms with Crippen LogP contribution in [-0.4, -0.2) is 6.36 Å². The molecule has 0 amide bonds. The smallest absolute Gasteiger partial charge is 0.406 e. The van der Waals surface area contributed by atoms with Gasteiger partial charge in [-0.05, 0) is 79.5 Å². The molecule has 0 fully saturated rings. The van der Waals surface area contributed by atoms with Gasteiger partial charge in [0.05, 0.1) is 0 Å². The first-order valence-corrected chi connectivity index (χ1v) is 11.5. The number of hydrogen-bond acceptors (Lipinski definition) is 5. The average molecular weight is 512 g/mol. The lowest BCUT2D eigenvalue weighted by atomic mass is 9.92. The van der Waals surface area contributed by atoms with Gasteiger partial charge < -0.3 is 4.74 Å². The van der Waals surface area contributed by atoms with Gasteiger partial charge in [-0.3, -0.25) is 0 Å². The number of rotatable bonds is 1. The second kappa shape index (κ2) is 8.35. The lowest BCUT2D eigenvalue weighted by molar-refractivity contribution is -0.274. The third-order valence-corrected chi connectivity index (χ3v) is 6.90. The zero-order valence-electron chi connectivity index (χ0n) is 19.7. The maximum Gasteiger partial charge on any atom is 0.573 e. The Morgan fingerprint density at radius 2 is 1.15 bits per heavy atom. The van der Waals surface area contributed by atoms with Crippen LogP contribution in [0.25, 0.3) is 44.2 Å². The molecule has 182 valence electrons. The van der Waals surface area contributed by atoms with E-state index in [1.807, 2.05) is 66.7 Å². The molecule has 39 heavy (non-hydrogen) atoms. The van der Waals surface area contributed by atoms with Gasteiger partial charge in [-0.25, -0.2) is 0 Å². The average Bonchev–Trinajstić information content (AvgIpc) is 3.41. The van der Waals surface area contributed by atoms with Crippen LogP contribution in [0.2, 0.25) is 0 Å². The molecule has 4 aromatic carbocycles. The van der Waals surface area contributed by atoms with Crippen LogP contribution < -0.4 is 4.74 Å². The van der Waals surface area contributed by atoms with Gasteiger partial charge in [0.1, 0.15) is 41.2 Å². The summed E-state index contributed by atoms with van der Waals surface area (Å²) in [5.41, 5.74) is 4.83. The van der Waals surface area contributed by atoms with Crippen molar-refractivity contribution in [2.45, 2.75) is 6.36 Å². The van der Waals surface area contributed by atoms with Crippen molar-refractivity contribution in [3.63, 3.8) is 0 Å². The van der Waals surface area contributed by atoms with Gasteiger partial charge in [0.25, 0.3) is 0 Å². The van der Waals surface area contributed by atoms with Gasteiger partial charge in [0.2, 0.25) is 0 Å². The highest BCUT2D eigenvalue weighted by molar-refractivity contribution is 6.16. The summed E-state index contributed by atoms with van der Waals surface area (Å²) in [5, 5.41) is 40.9. The van der Waals surface area contributed by atoms with Crippen LogP contribution in [0.5, 0.6) is 5.75 Å². The van der Waals surface area contributed by atoms with Crippen molar-refractivity contribution in [3.8, 4) is 52.3 Å². The Kier molecular flexibility index (Phi) is 5.05. The molecule has 0 saturated heterocycles. The summed E-state index contributed by atoms with van der Waals surface area (Å²) < 4.78 is 43.0. The van der Waals surface area contributed by atoms with Crippen molar-refractivity contribution in [1.29, 1.82) is 21.0 Å². The molecule has 0 aliphatic heterocycles. The van der Waals surface area contributed by atoms with Crippen molar-refractivity contribution in [1.82, 2.24) is 0 Å². The van der Waals surface area contributed by atoms with Crippen LogP contribution in [-0.2, 0) is 0 Å². The van der Waals surface area contributed by atoms with Crippen molar-refractivity contribution >= 4 is 21.9 Å². The Morgan fingerprint density at radius 1 is 0.590 bits per heavy atom. The van der Waals surface area contributed by atoms with Gasteiger partial charge in [-0.15, -0.1) is 13.2 Å². The number of nitrogens with zero attached hydrogens (tertiary/aromatic N) is 4. The van der Waals surface area contributed by atoms with Crippen molar-refractivity contribution < 1.29 is 17.9 Å². The standard InChI is InChI=1S/C31H11F3N4O/c32-31(33,34)39-19-6-8-21-23-10-27-26(11-25(23)29(24(21)9-19)18(14-37)15-38)28(17(12-35)13-36)22-7-5-16-3-1-2-4-20(16)30(22)27/h1-11H. The monoisotopic (exact) mass is 512 g/mol. The molecular weight excluding hydrogens is 501 g/mol. The molecule has 0 bridgehead atoms. The minimum absolute atomic E-state index is 0.104. The number of alkyl halides is 3. The summed E-state index contributed by atoms with van der Waals surface area (Å²) in [5.74, 6) is -0.484. The second-order valence-corrected chi connectivity index (χ2v) is 8.86. The van der Waals surface area contributed by atoms with Crippen molar-refractivity contribution in [2.75, 3.05) is 0 Å². The number of allylic oxidation sites excluding steroid dienone is 2. The van der Waals surface area contributed by atoms with E-state index in [0.29, 0.717) is 33.4 Å². The molecule has 0 atom stereocenters. The third kappa shape index (κ3) is 3.45. The molecule has 2 aliphatic rings. The molecule has 5 nitrogen and oxygen atoms in total. The molecular formula is C31H11F3N4O. The normalized spacial score (nSPS) is 12.3. The Morgan fingerprint density at radius 3 is 1.82 bits per heavy atom. The first-order chi connectivity index (χ1) is 18.8. The fourth-order valence-corrected chi connectivity index (χ4v) is 5.48. The fraction of sp³-hybridized carbons (Fsp3) is 0.0323. The van der Waals surface area contributed by atoms with Crippen LogP contribution in [0.3, 0.4) is 0 Å². The number of fused-ring (bicyclic) bond motifs is 8. The minimum atomic E-state index is -4.92. The van der Waals surface area contributed by atoms with Crippen LogP contribution >= 0.6 is 0 Å². The highest BCUT2D eigenvalue weighted by atomic mass is 19.4. The Bertz CT molecular complexity index is 1990. The lowest BCUT2D eigenvalue weighted by Crippen LogP contribution is -2.17. The van der Waals surface area contributed by atoms with Gasteiger partial charge in [-0.2, -0.15) is 21.0 Å². The first-order valence-electron chi connectivity index (χ1n) is 11.5. The molecule has 0 radical (unpaired) electrons. The summed E-state index contributed by atoms with van der Waals surface area (Å²) in [6.45, 7) is 0. The van der Waals surface area contributed by atoms with E-state index in [1.165, 1.54) is 12.1 Å². The number of hydrogen-bond donors (Lipinski definition) is 0. The van der Waals surface area contributed by atoms with E-state index in [1.54, 1.807) is 6.07 Å². The zero-order valence-corrected chi connectivity index (χ0v) is 19.7. The third-order valence-electron chi connectivity index (χ3n) is 6.90. The summed E-state index contributed by atoms with van der Waals surface area (Å²) in [7, 11) is 0. The van der Waals surface area contributed by atoms with E-state index in [2.05, 4.69) is 4.74 Å². The van der Waals surface area contributed by atoms with E-state index in [0.717, 1.165) is 28.0 Å². The molecule has 8 heteroatoms. The fourth-order valence-electron chi connectivity index (χ4n) is 5.48. The van der Waals surface area contributed by atoms with Crippen LogP contribution in [0, 0.1) is 45.3 Å². The summed E-state index contributed by atoms with van der Waals surface area (Å²) in [4.78, 5) is 0. The maximum atomic E-state index is 13.0. The van der Waals surface area contributed by atoms with Gasteiger partial charge >= 0.3 is 6.36 Å². The Balaban J connectivity index is 1.73. The van der Waals surface area contributed by atoms with Crippen LogP contribution in [0.4, 0.5) is 13.2 Å². The quantitative estimate of drug-likeness (QED) is 0.214. The maximum absolute atomic E-state index is 13.0. The van der Waals surface area contributed by atoms with Gasteiger partial charge in [0, 0.05) is 11.1 Å². The number of benzene rings is 4. The van der Waals surface area contributed by atoms with Crippen molar-refractivity contribution in [3.05, 3.63) is 100 Å². The molecule has 0 spiro atoms. The largest absolute Gasteiger partial charge is 0.573 e. The SMILES string of the molecule is N#CC(C#N)=C1c2cc(OC(F)(F)F)ccc2-c2cc3c(cc21)C(=C(C#N)C#N)c1ccc2ccccc2c1-3. The number of nitriles is 4. The molecule has 0 aromatic heterocycles. The highest BCUT2D eigenvalue weighted by Gasteiger charge is 2.36. The highest BCUT2D eigenvalue weighted by Crippen LogP contribution is 2.55. The molecule has 4 aromatic rings. The minimum Gasteiger partial charge on any atom is -0.406 e. The lowest BCUT2D eigenvalue weighted by Gasteiger charge is -2.10.